The first-order valence-electron chi connectivity index (χ1n) is 9.66. The summed E-state index contributed by atoms with van der Waals surface area (Å²) in [6, 6.07) is 6.51. The minimum Gasteiger partial charge on any atom is -0.507 e. The molecule has 2 unspecified atom stereocenters. The van der Waals surface area contributed by atoms with Crippen LogP contribution >= 0.6 is 0 Å². The van der Waals surface area contributed by atoms with Crippen molar-refractivity contribution in [1.82, 2.24) is 0 Å². The number of carbonyl (C=O) groups excluding carboxylic acids is 1. The summed E-state index contributed by atoms with van der Waals surface area (Å²) in [5, 5.41) is 20.7. The molecule has 1 aromatic carbocycles. The van der Waals surface area contributed by atoms with E-state index in [0.29, 0.717) is 11.3 Å². The maximum Gasteiger partial charge on any atom is 0.437 e. The molecular weight excluding hydrogens is 446 g/mol. The van der Waals surface area contributed by atoms with Gasteiger partial charge in [0.25, 0.3) is 5.60 Å². The van der Waals surface area contributed by atoms with Gasteiger partial charge in [0.15, 0.2) is 0 Å². The van der Waals surface area contributed by atoms with Gasteiger partial charge in [-0.25, -0.2) is 4.79 Å². The van der Waals surface area contributed by atoms with Crippen LogP contribution in [-0.4, -0.2) is 40.4 Å². The molecule has 0 radical (unpaired) electrons. The summed E-state index contributed by atoms with van der Waals surface area (Å²) in [5.41, 5.74) is -4.32. The zero-order chi connectivity index (χ0) is 23.9. The van der Waals surface area contributed by atoms with E-state index in [1.54, 1.807) is 24.3 Å². The van der Waals surface area contributed by atoms with E-state index >= 15 is 0 Å². The SMILES string of the molecule is CC(OC(=O)C1=CCC(CC2=C(O)c3ccccc3OC2O)CC1)(C(F)(F)F)C(F)(F)F. The molecule has 0 fully saturated rings. The fourth-order valence-electron chi connectivity index (χ4n) is 3.54. The number of halogens is 6. The second-order valence-corrected chi connectivity index (χ2v) is 7.83. The predicted molar refractivity (Wildman–Crippen MR) is 99.3 cm³/mol. The Morgan fingerprint density at radius 3 is 2.34 bits per heavy atom. The number of esters is 1. The Labute approximate surface area is 178 Å². The van der Waals surface area contributed by atoms with Crippen molar-refractivity contribution in [2.45, 2.75) is 56.9 Å². The van der Waals surface area contributed by atoms with Gasteiger partial charge in [0.2, 0.25) is 6.29 Å². The third-order valence-corrected chi connectivity index (χ3v) is 5.65. The van der Waals surface area contributed by atoms with Crippen molar-refractivity contribution in [3.05, 3.63) is 47.1 Å². The van der Waals surface area contributed by atoms with Crippen molar-refractivity contribution in [3.63, 3.8) is 0 Å². The van der Waals surface area contributed by atoms with Gasteiger partial charge in [-0.3, -0.25) is 0 Å². The zero-order valence-corrected chi connectivity index (χ0v) is 16.8. The van der Waals surface area contributed by atoms with Crippen LogP contribution in [0.3, 0.4) is 0 Å². The lowest BCUT2D eigenvalue weighted by molar-refractivity contribution is -0.362. The number of rotatable bonds is 4. The molecule has 5 nitrogen and oxygen atoms in total. The van der Waals surface area contributed by atoms with Gasteiger partial charge in [-0.15, -0.1) is 0 Å². The first-order valence-corrected chi connectivity index (χ1v) is 9.66. The lowest BCUT2D eigenvalue weighted by Gasteiger charge is -2.34. The molecule has 2 N–H and O–H groups in total. The molecule has 32 heavy (non-hydrogen) atoms. The highest BCUT2D eigenvalue weighted by Crippen LogP contribution is 2.46. The molecule has 0 saturated heterocycles. The summed E-state index contributed by atoms with van der Waals surface area (Å²) in [7, 11) is 0. The third-order valence-electron chi connectivity index (χ3n) is 5.65. The van der Waals surface area contributed by atoms with Crippen LogP contribution in [0.25, 0.3) is 5.76 Å². The molecule has 0 aromatic heterocycles. The maximum atomic E-state index is 12.9. The van der Waals surface area contributed by atoms with Gasteiger partial charge in [0.05, 0.1) is 5.56 Å². The average Bonchev–Trinajstić information content (AvgIpc) is 2.70. The Balaban J connectivity index is 1.71. The first kappa shape index (κ1) is 24.0. The minimum absolute atomic E-state index is 0.114. The number of fused-ring (bicyclic) bond motifs is 1. The van der Waals surface area contributed by atoms with Crippen LogP contribution in [-0.2, 0) is 9.53 Å². The molecule has 176 valence electrons. The molecule has 1 heterocycles. The van der Waals surface area contributed by atoms with Gasteiger partial charge in [0.1, 0.15) is 11.5 Å². The number of para-hydroxylation sites is 1. The van der Waals surface area contributed by atoms with Crippen LogP contribution < -0.4 is 4.74 Å². The molecule has 0 amide bonds. The summed E-state index contributed by atoms with van der Waals surface area (Å²) in [6.07, 6.45) is -11.5. The van der Waals surface area contributed by atoms with Gasteiger partial charge in [-0.05, 0) is 50.7 Å². The van der Waals surface area contributed by atoms with Crippen LogP contribution in [0, 0.1) is 5.92 Å². The van der Waals surface area contributed by atoms with Crippen LogP contribution in [0.4, 0.5) is 26.3 Å². The van der Waals surface area contributed by atoms with Gasteiger partial charge in [-0.1, -0.05) is 18.2 Å². The molecule has 0 bridgehead atoms. The quantitative estimate of drug-likeness (QED) is 0.471. The van der Waals surface area contributed by atoms with Crippen molar-refractivity contribution >= 4 is 11.7 Å². The van der Waals surface area contributed by atoms with E-state index in [1.165, 1.54) is 6.08 Å². The van der Waals surface area contributed by atoms with Crippen molar-refractivity contribution in [2.75, 3.05) is 0 Å². The smallest absolute Gasteiger partial charge is 0.437 e. The number of carbonyl (C=O) groups is 1. The highest BCUT2D eigenvalue weighted by molar-refractivity contribution is 5.89. The summed E-state index contributed by atoms with van der Waals surface area (Å²) in [6.45, 7) is -0.228. The molecule has 3 rings (SSSR count). The molecule has 1 aliphatic carbocycles. The van der Waals surface area contributed by atoms with Crippen LogP contribution in [0.5, 0.6) is 5.75 Å². The molecule has 2 aliphatic rings. The second-order valence-electron chi connectivity index (χ2n) is 7.83. The number of allylic oxidation sites excluding steroid dienone is 1. The van der Waals surface area contributed by atoms with Crippen LogP contribution in [0.1, 0.15) is 38.2 Å². The van der Waals surface area contributed by atoms with E-state index in [1.807, 2.05) is 0 Å². The van der Waals surface area contributed by atoms with Crippen LogP contribution in [0.15, 0.2) is 41.5 Å². The van der Waals surface area contributed by atoms with E-state index in [0.717, 1.165) is 0 Å². The maximum absolute atomic E-state index is 12.9. The van der Waals surface area contributed by atoms with Gasteiger partial charge in [-0.2, -0.15) is 26.3 Å². The number of aliphatic hydroxyl groups excluding tert-OH is 2. The lowest BCUT2D eigenvalue weighted by atomic mass is 9.84. The van der Waals surface area contributed by atoms with Crippen molar-refractivity contribution in [3.8, 4) is 5.75 Å². The van der Waals surface area contributed by atoms with E-state index in [2.05, 4.69) is 4.74 Å². The normalized spacial score (nSPS) is 22.1. The third kappa shape index (κ3) is 4.43. The van der Waals surface area contributed by atoms with Gasteiger partial charge in [0, 0.05) is 11.1 Å². The second kappa shape index (κ2) is 8.34. The molecular formula is C21H20F6O5. The summed E-state index contributed by atoms with van der Waals surface area (Å²) < 4.78 is 87.0. The largest absolute Gasteiger partial charge is 0.507 e. The Kier molecular flexibility index (Phi) is 6.25. The first-order chi connectivity index (χ1) is 14.7. The number of benzene rings is 1. The number of ether oxygens (including phenoxy) is 2. The lowest BCUT2D eigenvalue weighted by Crippen LogP contribution is -2.57. The summed E-state index contributed by atoms with van der Waals surface area (Å²) in [5.74, 6) is -1.77. The highest BCUT2D eigenvalue weighted by atomic mass is 19.4. The number of alkyl halides is 6. The fraction of sp³-hybridized carbons (Fsp3) is 0.476. The molecule has 0 saturated carbocycles. The molecule has 2 atom stereocenters. The van der Waals surface area contributed by atoms with E-state index in [4.69, 9.17) is 4.74 Å². The number of hydrogen-bond donors (Lipinski definition) is 2. The molecule has 11 heteroatoms. The Morgan fingerprint density at radius 2 is 1.78 bits per heavy atom. The monoisotopic (exact) mass is 466 g/mol. The summed E-state index contributed by atoms with van der Waals surface area (Å²) >= 11 is 0. The van der Waals surface area contributed by atoms with E-state index < -0.39 is 30.2 Å². The Morgan fingerprint density at radius 1 is 1.16 bits per heavy atom. The highest BCUT2D eigenvalue weighted by Gasteiger charge is 2.71. The Bertz CT molecular complexity index is 933. The Hall–Kier alpha value is -2.69. The molecule has 1 aromatic rings. The van der Waals surface area contributed by atoms with Gasteiger partial charge >= 0.3 is 18.3 Å². The number of hydrogen-bond acceptors (Lipinski definition) is 5. The predicted octanol–water partition coefficient (Wildman–Crippen LogP) is 5.21. The average molecular weight is 466 g/mol. The zero-order valence-electron chi connectivity index (χ0n) is 16.8. The van der Waals surface area contributed by atoms with E-state index in [9.17, 15) is 41.4 Å². The van der Waals surface area contributed by atoms with E-state index in [-0.39, 0.29) is 55.4 Å². The number of aliphatic hydroxyl groups is 2. The van der Waals surface area contributed by atoms with Crippen LogP contribution in [0.2, 0.25) is 0 Å². The molecule has 1 aliphatic heterocycles. The van der Waals surface area contributed by atoms with Crippen molar-refractivity contribution < 1.29 is 50.8 Å². The summed E-state index contributed by atoms with van der Waals surface area (Å²) in [4.78, 5) is 12.0. The van der Waals surface area contributed by atoms with Gasteiger partial charge < -0.3 is 19.7 Å². The minimum atomic E-state index is -5.84. The van der Waals surface area contributed by atoms with Crippen molar-refractivity contribution in [1.29, 1.82) is 0 Å². The standard InChI is InChI=1S/C21H20F6O5/c1-19(20(22,23)24,21(25,26)27)32-17(29)12-8-6-11(7-9-12)10-14-16(28)13-4-2-3-5-15(13)31-18(14)30/h2-5,8,11,18,28,30H,6-7,9-10H2,1H3. The molecule has 0 spiro atoms. The van der Waals surface area contributed by atoms with Crippen molar-refractivity contribution in [2.24, 2.45) is 5.92 Å². The topological polar surface area (TPSA) is 76.0 Å². The fourth-order valence-corrected chi connectivity index (χ4v) is 3.54.